The normalized spacial score (nSPS) is 27.0. The van der Waals surface area contributed by atoms with E-state index in [0.29, 0.717) is 22.4 Å². The van der Waals surface area contributed by atoms with Crippen molar-refractivity contribution in [2.24, 2.45) is 11.8 Å². The van der Waals surface area contributed by atoms with Gasteiger partial charge in [0.1, 0.15) is 0 Å². The topological polar surface area (TPSA) is 55.2 Å². The Bertz CT molecular complexity index is 469. The number of hydrogen-bond acceptors (Lipinski definition) is 3. The van der Waals surface area contributed by atoms with Crippen molar-refractivity contribution >= 4 is 27.3 Å². The fourth-order valence-electron chi connectivity index (χ4n) is 2.90. The van der Waals surface area contributed by atoms with Crippen LogP contribution in [0.1, 0.15) is 33.1 Å². The van der Waals surface area contributed by atoms with E-state index < -0.39 is 0 Å². The monoisotopic (exact) mass is 326 g/mol. The lowest BCUT2D eigenvalue weighted by Gasteiger charge is -2.35. The molecule has 0 amide bonds. The third-order valence-corrected chi connectivity index (χ3v) is 4.69. The Balaban J connectivity index is 2.18. The predicted molar refractivity (Wildman–Crippen MR) is 80.4 cm³/mol. The Morgan fingerprint density at radius 1 is 1.32 bits per heavy atom. The molecule has 4 nitrogen and oxygen atoms in total. The van der Waals surface area contributed by atoms with Gasteiger partial charge in [-0.25, -0.2) is 0 Å². The van der Waals surface area contributed by atoms with E-state index >= 15 is 0 Å². The van der Waals surface area contributed by atoms with Crippen LogP contribution in [-0.4, -0.2) is 11.0 Å². The van der Waals surface area contributed by atoms with Crippen LogP contribution >= 0.6 is 15.9 Å². The molecule has 1 N–H and O–H groups in total. The van der Waals surface area contributed by atoms with Gasteiger partial charge >= 0.3 is 0 Å². The summed E-state index contributed by atoms with van der Waals surface area (Å²) < 4.78 is 0.521. The highest BCUT2D eigenvalue weighted by atomic mass is 79.9. The van der Waals surface area contributed by atoms with Crippen molar-refractivity contribution in [2.45, 2.75) is 39.2 Å². The molecule has 0 radical (unpaired) electrons. The van der Waals surface area contributed by atoms with Crippen LogP contribution in [0.4, 0.5) is 11.4 Å². The van der Waals surface area contributed by atoms with Gasteiger partial charge in [0.15, 0.2) is 0 Å². The molecule has 1 fully saturated rings. The van der Waals surface area contributed by atoms with Crippen LogP contribution in [-0.2, 0) is 0 Å². The third kappa shape index (κ3) is 3.26. The first kappa shape index (κ1) is 14.3. The van der Waals surface area contributed by atoms with E-state index in [4.69, 9.17) is 0 Å². The molecular weight excluding hydrogens is 308 g/mol. The number of benzene rings is 1. The molecule has 1 aromatic rings. The number of nitro benzene ring substituents is 1. The molecule has 1 aliphatic carbocycles. The van der Waals surface area contributed by atoms with Crippen molar-refractivity contribution in [1.82, 2.24) is 0 Å². The zero-order valence-corrected chi connectivity index (χ0v) is 12.8. The largest absolute Gasteiger partial charge is 0.382 e. The molecular formula is C14H19BrN2O2. The first-order valence-electron chi connectivity index (χ1n) is 6.69. The zero-order chi connectivity index (χ0) is 14.0. The molecule has 0 bridgehead atoms. The van der Waals surface area contributed by atoms with Gasteiger partial charge in [-0.15, -0.1) is 0 Å². The number of nitrogens with one attached hydrogen (secondary N) is 1. The van der Waals surface area contributed by atoms with Crippen molar-refractivity contribution in [2.75, 3.05) is 5.32 Å². The van der Waals surface area contributed by atoms with Crippen LogP contribution in [0.25, 0.3) is 0 Å². The minimum absolute atomic E-state index is 0.112. The molecule has 0 heterocycles. The third-order valence-electron chi connectivity index (χ3n) is 4.02. The van der Waals surface area contributed by atoms with Crippen LogP contribution in [0.15, 0.2) is 22.7 Å². The highest BCUT2D eigenvalue weighted by molar-refractivity contribution is 9.10. The van der Waals surface area contributed by atoms with E-state index in [1.54, 1.807) is 12.1 Å². The van der Waals surface area contributed by atoms with Crippen LogP contribution in [0.3, 0.4) is 0 Å². The number of hydrogen-bond donors (Lipinski definition) is 1. The SMILES string of the molecule is CC1CCCC(C)C1Nc1ccc(Br)c([N+](=O)[O-])c1. The van der Waals surface area contributed by atoms with Crippen molar-refractivity contribution in [3.63, 3.8) is 0 Å². The molecule has 0 saturated heterocycles. The molecule has 1 aliphatic rings. The Morgan fingerprint density at radius 2 is 1.95 bits per heavy atom. The molecule has 2 unspecified atom stereocenters. The second-order valence-corrected chi connectivity index (χ2v) is 6.33. The molecule has 5 heteroatoms. The summed E-state index contributed by atoms with van der Waals surface area (Å²) in [5.41, 5.74) is 0.946. The lowest BCUT2D eigenvalue weighted by Crippen LogP contribution is -2.37. The van der Waals surface area contributed by atoms with Gasteiger partial charge in [0, 0.05) is 17.8 Å². The van der Waals surface area contributed by atoms with Gasteiger partial charge in [-0.2, -0.15) is 0 Å². The second kappa shape index (κ2) is 5.90. The van der Waals surface area contributed by atoms with Gasteiger partial charge < -0.3 is 5.32 Å². The van der Waals surface area contributed by atoms with Crippen LogP contribution < -0.4 is 5.32 Å². The highest BCUT2D eigenvalue weighted by Gasteiger charge is 2.27. The Hall–Kier alpha value is -1.10. The zero-order valence-electron chi connectivity index (χ0n) is 11.2. The summed E-state index contributed by atoms with van der Waals surface area (Å²) in [6.07, 6.45) is 3.72. The summed E-state index contributed by atoms with van der Waals surface area (Å²) in [6, 6.07) is 5.64. The molecule has 19 heavy (non-hydrogen) atoms. The Labute approximate surface area is 121 Å². The summed E-state index contributed by atoms with van der Waals surface area (Å²) >= 11 is 3.21. The minimum Gasteiger partial charge on any atom is -0.382 e. The average molecular weight is 327 g/mol. The maximum Gasteiger partial charge on any atom is 0.285 e. The van der Waals surface area contributed by atoms with Crippen molar-refractivity contribution in [3.8, 4) is 0 Å². The number of nitro groups is 1. The van der Waals surface area contributed by atoms with E-state index in [2.05, 4.69) is 35.1 Å². The molecule has 0 spiro atoms. The molecule has 1 saturated carbocycles. The lowest BCUT2D eigenvalue weighted by molar-refractivity contribution is -0.385. The fourth-order valence-corrected chi connectivity index (χ4v) is 3.29. The number of nitrogens with zero attached hydrogens (tertiary/aromatic N) is 1. The highest BCUT2D eigenvalue weighted by Crippen LogP contribution is 2.33. The summed E-state index contributed by atoms with van der Waals surface area (Å²) in [6.45, 7) is 4.50. The second-order valence-electron chi connectivity index (χ2n) is 5.48. The molecule has 0 aromatic heterocycles. The number of anilines is 1. The first-order valence-corrected chi connectivity index (χ1v) is 7.49. The van der Waals surface area contributed by atoms with Gasteiger partial charge in [0.25, 0.3) is 5.69 Å². The molecule has 0 aliphatic heterocycles. The quantitative estimate of drug-likeness (QED) is 0.652. The summed E-state index contributed by atoms with van der Waals surface area (Å²) in [7, 11) is 0. The smallest absolute Gasteiger partial charge is 0.285 e. The average Bonchev–Trinajstić information content (AvgIpc) is 2.35. The fraction of sp³-hybridized carbons (Fsp3) is 0.571. The molecule has 1 aromatic carbocycles. The first-order chi connectivity index (χ1) is 8.99. The molecule has 2 rings (SSSR count). The number of rotatable bonds is 3. The summed E-state index contributed by atoms with van der Waals surface area (Å²) in [5.74, 6) is 1.21. The van der Waals surface area contributed by atoms with E-state index in [9.17, 15) is 10.1 Å². The van der Waals surface area contributed by atoms with Gasteiger partial charge in [0.2, 0.25) is 0 Å². The van der Waals surface area contributed by atoms with E-state index in [1.807, 2.05) is 6.07 Å². The van der Waals surface area contributed by atoms with Crippen LogP contribution in [0.5, 0.6) is 0 Å². The van der Waals surface area contributed by atoms with Crippen molar-refractivity contribution in [3.05, 3.63) is 32.8 Å². The van der Waals surface area contributed by atoms with Gasteiger partial charge in [-0.3, -0.25) is 10.1 Å². The predicted octanol–water partition coefficient (Wildman–Crippen LogP) is 4.59. The molecule has 2 atom stereocenters. The number of halogens is 1. The van der Waals surface area contributed by atoms with E-state index in [1.165, 1.54) is 19.3 Å². The maximum absolute atomic E-state index is 10.9. The van der Waals surface area contributed by atoms with Gasteiger partial charge in [0.05, 0.1) is 9.40 Å². The van der Waals surface area contributed by atoms with Crippen molar-refractivity contribution in [1.29, 1.82) is 0 Å². The summed E-state index contributed by atoms with van der Waals surface area (Å²) in [5, 5.41) is 14.4. The summed E-state index contributed by atoms with van der Waals surface area (Å²) in [4.78, 5) is 10.6. The lowest BCUT2D eigenvalue weighted by atomic mass is 9.78. The Morgan fingerprint density at radius 3 is 2.53 bits per heavy atom. The van der Waals surface area contributed by atoms with E-state index in [-0.39, 0.29) is 10.6 Å². The minimum atomic E-state index is -0.358. The van der Waals surface area contributed by atoms with Crippen LogP contribution in [0.2, 0.25) is 0 Å². The maximum atomic E-state index is 10.9. The van der Waals surface area contributed by atoms with E-state index in [0.717, 1.165) is 5.69 Å². The standard InChI is InChI=1S/C14H19BrN2O2/c1-9-4-3-5-10(2)14(9)16-11-6-7-12(15)13(8-11)17(18)19/h6-10,14,16H,3-5H2,1-2H3. The molecule has 104 valence electrons. The van der Waals surface area contributed by atoms with Gasteiger partial charge in [-0.1, -0.05) is 20.3 Å². The van der Waals surface area contributed by atoms with Gasteiger partial charge in [-0.05, 0) is 52.7 Å². The Kier molecular flexibility index (Phi) is 4.45. The van der Waals surface area contributed by atoms with Crippen LogP contribution in [0, 0.1) is 22.0 Å². The van der Waals surface area contributed by atoms with Crippen molar-refractivity contribution < 1.29 is 4.92 Å².